The van der Waals surface area contributed by atoms with Crippen LogP contribution in [0.2, 0.25) is 0 Å². The lowest BCUT2D eigenvalue weighted by molar-refractivity contribution is 0.0998. The quantitative estimate of drug-likeness (QED) is 0.797. The maximum Gasteiger partial charge on any atom is 0.291 e. The van der Waals surface area contributed by atoms with Crippen molar-refractivity contribution in [2.24, 2.45) is 0 Å². The van der Waals surface area contributed by atoms with Crippen molar-refractivity contribution < 1.29 is 18.7 Å². The fourth-order valence-corrected chi connectivity index (χ4v) is 2.15. The van der Waals surface area contributed by atoms with E-state index in [-0.39, 0.29) is 11.7 Å². The molecule has 0 saturated carbocycles. The van der Waals surface area contributed by atoms with Gasteiger partial charge in [0.15, 0.2) is 5.76 Å². The third-order valence-corrected chi connectivity index (χ3v) is 3.27. The first kappa shape index (κ1) is 14.0. The van der Waals surface area contributed by atoms with Gasteiger partial charge in [-0.3, -0.25) is 4.79 Å². The summed E-state index contributed by atoms with van der Waals surface area (Å²) in [6.45, 7) is 0. The smallest absolute Gasteiger partial charge is 0.291 e. The fourth-order valence-electron chi connectivity index (χ4n) is 2.15. The highest BCUT2D eigenvalue weighted by Gasteiger charge is 2.13. The maximum atomic E-state index is 12.3. The molecule has 3 aromatic rings. The number of anilines is 1. The molecule has 0 spiro atoms. The van der Waals surface area contributed by atoms with Gasteiger partial charge in [-0.15, -0.1) is 0 Å². The second kappa shape index (κ2) is 5.81. The maximum absolute atomic E-state index is 12.3. The van der Waals surface area contributed by atoms with E-state index in [2.05, 4.69) is 5.32 Å². The predicted octanol–water partition coefficient (Wildman–Crippen LogP) is 3.70. The van der Waals surface area contributed by atoms with Gasteiger partial charge >= 0.3 is 0 Å². The molecule has 3 rings (SSSR count). The van der Waals surface area contributed by atoms with E-state index in [1.54, 1.807) is 50.6 Å². The van der Waals surface area contributed by atoms with Gasteiger partial charge in [0.05, 0.1) is 14.2 Å². The first-order valence-corrected chi connectivity index (χ1v) is 6.72. The van der Waals surface area contributed by atoms with Gasteiger partial charge in [0.1, 0.15) is 17.1 Å². The van der Waals surface area contributed by atoms with E-state index < -0.39 is 0 Å². The van der Waals surface area contributed by atoms with Crippen LogP contribution in [0.4, 0.5) is 5.69 Å². The SMILES string of the molecule is COc1cccc(NC(=O)c2cc3cc(OC)ccc3o2)c1. The molecule has 1 N–H and O–H groups in total. The van der Waals surface area contributed by atoms with Crippen molar-refractivity contribution >= 4 is 22.6 Å². The van der Waals surface area contributed by atoms with Crippen LogP contribution in [0.25, 0.3) is 11.0 Å². The van der Waals surface area contributed by atoms with E-state index in [0.717, 1.165) is 5.39 Å². The lowest BCUT2D eigenvalue weighted by Crippen LogP contribution is -2.10. The molecule has 22 heavy (non-hydrogen) atoms. The number of amides is 1. The summed E-state index contributed by atoms with van der Waals surface area (Å²) in [7, 11) is 3.17. The molecule has 0 saturated heterocycles. The number of carbonyl (C=O) groups is 1. The summed E-state index contributed by atoms with van der Waals surface area (Å²) in [5.41, 5.74) is 1.28. The highest BCUT2D eigenvalue weighted by Crippen LogP contribution is 2.25. The molecule has 1 heterocycles. The second-order valence-electron chi connectivity index (χ2n) is 4.70. The Balaban J connectivity index is 1.85. The van der Waals surface area contributed by atoms with Crippen LogP contribution in [-0.4, -0.2) is 20.1 Å². The molecule has 5 heteroatoms. The molecule has 1 aromatic heterocycles. The van der Waals surface area contributed by atoms with Gasteiger partial charge < -0.3 is 19.2 Å². The number of nitrogens with one attached hydrogen (secondary N) is 1. The molecule has 0 fully saturated rings. The Hall–Kier alpha value is -2.95. The first-order valence-electron chi connectivity index (χ1n) is 6.72. The largest absolute Gasteiger partial charge is 0.497 e. The molecular weight excluding hydrogens is 282 g/mol. The highest BCUT2D eigenvalue weighted by molar-refractivity contribution is 6.04. The van der Waals surface area contributed by atoms with Gasteiger partial charge in [-0.25, -0.2) is 0 Å². The number of hydrogen-bond acceptors (Lipinski definition) is 4. The van der Waals surface area contributed by atoms with Gasteiger partial charge in [-0.05, 0) is 36.4 Å². The van der Waals surface area contributed by atoms with Crippen molar-refractivity contribution in [2.75, 3.05) is 19.5 Å². The molecule has 0 bridgehead atoms. The average Bonchev–Trinajstić information content (AvgIpc) is 2.98. The van der Waals surface area contributed by atoms with Gasteiger partial charge in [0, 0.05) is 17.1 Å². The van der Waals surface area contributed by atoms with Crippen molar-refractivity contribution in [2.45, 2.75) is 0 Å². The lowest BCUT2D eigenvalue weighted by atomic mass is 10.2. The number of fused-ring (bicyclic) bond motifs is 1. The number of rotatable bonds is 4. The molecule has 5 nitrogen and oxygen atoms in total. The number of benzene rings is 2. The van der Waals surface area contributed by atoms with E-state index in [4.69, 9.17) is 13.9 Å². The Labute approximate surface area is 127 Å². The summed E-state index contributed by atoms with van der Waals surface area (Å²) in [6.07, 6.45) is 0. The third-order valence-electron chi connectivity index (χ3n) is 3.27. The van der Waals surface area contributed by atoms with Gasteiger partial charge in [-0.2, -0.15) is 0 Å². The second-order valence-corrected chi connectivity index (χ2v) is 4.70. The van der Waals surface area contributed by atoms with Gasteiger partial charge in [-0.1, -0.05) is 6.07 Å². The summed E-state index contributed by atoms with van der Waals surface area (Å²) in [5, 5.41) is 3.59. The fraction of sp³-hybridized carbons (Fsp3) is 0.118. The summed E-state index contributed by atoms with van der Waals surface area (Å²) >= 11 is 0. The number of methoxy groups -OCH3 is 2. The van der Waals surface area contributed by atoms with Crippen molar-refractivity contribution in [3.63, 3.8) is 0 Å². The van der Waals surface area contributed by atoms with Crippen LogP contribution in [0.1, 0.15) is 10.6 Å². The zero-order chi connectivity index (χ0) is 15.5. The number of carbonyl (C=O) groups excluding carboxylic acids is 1. The van der Waals surface area contributed by atoms with E-state index in [1.807, 2.05) is 12.1 Å². The Morgan fingerprint density at radius 1 is 1.00 bits per heavy atom. The van der Waals surface area contributed by atoms with Crippen LogP contribution in [0.3, 0.4) is 0 Å². The molecule has 1 amide bonds. The van der Waals surface area contributed by atoms with Crippen LogP contribution >= 0.6 is 0 Å². The predicted molar refractivity (Wildman–Crippen MR) is 83.7 cm³/mol. The molecular formula is C17H15NO4. The number of furan rings is 1. The third kappa shape index (κ3) is 2.74. The van der Waals surface area contributed by atoms with Crippen LogP contribution in [0.5, 0.6) is 11.5 Å². The summed E-state index contributed by atoms with van der Waals surface area (Å²) < 4.78 is 15.8. The molecule has 0 radical (unpaired) electrons. The van der Waals surface area contributed by atoms with E-state index in [1.165, 1.54) is 0 Å². The standard InChI is InChI=1S/C17H15NO4/c1-20-13-5-3-4-12(10-13)18-17(19)16-9-11-8-14(21-2)6-7-15(11)22-16/h3-10H,1-2H3,(H,18,19). The molecule has 0 unspecified atom stereocenters. The molecule has 2 aromatic carbocycles. The van der Waals surface area contributed by atoms with Crippen LogP contribution in [0.15, 0.2) is 52.9 Å². The first-order chi connectivity index (χ1) is 10.7. The molecule has 0 aliphatic rings. The Bertz CT molecular complexity index is 822. The Morgan fingerprint density at radius 2 is 1.77 bits per heavy atom. The van der Waals surface area contributed by atoms with Crippen LogP contribution in [0, 0.1) is 0 Å². The minimum Gasteiger partial charge on any atom is -0.497 e. The molecule has 0 atom stereocenters. The van der Waals surface area contributed by atoms with Crippen molar-refractivity contribution in [3.8, 4) is 11.5 Å². The highest BCUT2D eigenvalue weighted by atomic mass is 16.5. The van der Waals surface area contributed by atoms with Crippen molar-refractivity contribution in [1.29, 1.82) is 0 Å². The normalized spacial score (nSPS) is 10.5. The summed E-state index contributed by atoms with van der Waals surface area (Å²) in [6, 6.07) is 14.2. The monoisotopic (exact) mass is 297 g/mol. The minimum atomic E-state index is -0.316. The van der Waals surface area contributed by atoms with E-state index >= 15 is 0 Å². The zero-order valence-electron chi connectivity index (χ0n) is 12.3. The minimum absolute atomic E-state index is 0.242. The molecule has 0 aliphatic carbocycles. The van der Waals surface area contributed by atoms with Crippen LogP contribution < -0.4 is 14.8 Å². The average molecular weight is 297 g/mol. The summed E-state index contributed by atoms with van der Waals surface area (Å²) in [4.78, 5) is 12.3. The van der Waals surface area contributed by atoms with Gasteiger partial charge in [0.25, 0.3) is 5.91 Å². The Kier molecular flexibility index (Phi) is 3.70. The Morgan fingerprint density at radius 3 is 2.55 bits per heavy atom. The van der Waals surface area contributed by atoms with E-state index in [9.17, 15) is 4.79 Å². The van der Waals surface area contributed by atoms with E-state index in [0.29, 0.717) is 22.8 Å². The van der Waals surface area contributed by atoms with Crippen molar-refractivity contribution in [3.05, 3.63) is 54.3 Å². The topological polar surface area (TPSA) is 60.7 Å². The zero-order valence-corrected chi connectivity index (χ0v) is 12.3. The van der Waals surface area contributed by atoms with Crippen LogP contribution in [-0.2, 0) is 0 Å². The van der Waals surface area contributed by atoms with Gasteiger partial charge in [0.2, 0.25) is 0 Å². The lowest BCUT2D eigenvalue weighted by Gasteiger charge is -2.05. The molecule has 112 valence electrons. The number of ether oxygens (including phenoxy) is 2. The molecule has 0 aliphatic heterocycles. The summed E-state index contributed by atoms with van der Waals surface area (Å²) in [5.74, 6) is 1.31. The number of hydrogen-bond donors (Lipinski definition) is 1. The van der Waals surface area contributed by atoms with Crippen molar-refractivity contribution in [1.82, 2.24) is 0 Å².